The topological polar surface area (TPSA) is 29.0 Å². The van der Waals surface area contributed by atoms with Gasteiger partial charge in [0.15, 0.2) is 0 Å². The molecule has 1 aliphatic heterocycles. The van der Waals surface area contributed by atoms with Gasteiger partial charge in [-0.25, -0.2) is 4.98 Å². The molecule has 1 aromatic carbocycles. The van der Waals surface area contributed by atoms with Gasteiger partial charge in [-0.2, -0.15) is 0 Å². The number of piperidine rings is 1. The Morgan fingerprint density at radius 2 is 1.77 bits per heavy atom. The summed E-state index contributed by atoms with van der Waals surface area (Å²) in [5, 5.41) is 1.18. The van der Waals surface area contributed by atoms with Crippen molar-refractivity contribution < 1.29 is 0 Å². The molecule has 0 N–H and O–H groups in total. The van der Waals surface area contributed by atoms with Gasteiger partial charge in [-0.05, 0) is 55.2 Å². The zero-order chi connectivity index (χ0) is 14.8. The highest BCUT2D eigenvalue weighted by molar-refractivity contribution is 5.85. The van der Waals surface area contributed by atoms with E-state index in [0.29, 0.717) is 0 Å². The van der Waals surface area contributed by atoms with Gasteiger partial charge in [0.2, 0.25) is 0 Å². The summed E-state index contributed by atoms with van der Waals surface area (Å²) in [6, 6.07) is 14.8. The maximum atomic E-state index is 4.84. The van der Waals surface area contributed by atoms with Crippen molar-refractivity contribution in [2.75, 3.05) is 18.0 Å². The molecule has 0 unspecified atom stereocenters. The zero-order valence-corrected chi connectivity index (χ0v) is 12.6. The third-order valence-electron chi connectivity index (χ3n) is 4.35. The van der Waals surface area contributed by atoms with E-state index in [1.54, 1.807) is 6.20 Å². The number of hydrogen-bond acceptors (Lipinski definition) is 3. The fourth-order valence-corrected chi connectivity index (χ4v) is 3.13. The number of hydrogen-bond donors (Lipinski definition) is 0. The molecule has 0 atom stereocenters. The van der Waals surface area contributed by atoms with Gasteiger partial charge in [0.25, 0.3) is 0 Å². The minimum absolute atomic E-state index is 1.07. The second-order valence-corrected chi connectivity index (χ2v) is 5.87. The molecule has 1 aliphatic rings. The van der Waals surface area contributed by atoms with Crippen LogP contribution in [0.5, 0.6) is 0 Å². The second kappa shape index (κ2) is 5.76. The first-order valence-electron chi connectivity index (χ1n) is 7.96. The van der Waals surface area contributed by atoms with Gasteiger partial charge in [-0.1, -0.05) is 12.1 Å². The molecule has 2 aromatic heterocycles. The minimum Gasteiger partial charge on any atom is -0.357 e. The number of nitrogens with zero attached hydrogens (tertiary/aromatic N) is 3. The Labute approximate surface area is 130 Å². The third kappa shape index (κ3) is 2.54. The summed E-state index contributed by atoms with van der Waals surface area (Å²) in [6.07, 6.45) is 7.60. The van der Waals surface area contributed by atoms with Crippen LogP contribution in [0.1, 0.15) is 19.3 Å². The molecule has 3 aromatic rings. The average Bonchev–Trinajstić information content (AvgIpc) is 2.62. The number of anilines is 1. The van der Waals surface area contributed by atoms with Crippen LogP contribution in [0.3, 0.4) is 0 Å². The zero-order valence-electron chi connectivity index (χ0n) is 12.6. The maximum absolute atomic E-state index is 4.84. The lowest BCUT2D eigenvalue weighted by Crippen LogP contribution is -2.30. The second-order valence-electron chi connectivity index (χ2n) is 5.87. The number of rotatable bonds is 2. The molecular formula is C19H19N3. The molecular weight excluding hydrogens is 270 g/mol. The van der Waals surface area contributed by atoms with Crippen LogP contribution in [0.2, 0.25) is 0 Å². The number of aromatic nitrogens is 2. The van der Waals surface area contributed by atoms with E-state index in [4.69, 9.17) is 4.98 Å². The van der Waals surface area contributed by atoms with Crippen molar-refractivity contribution in [3.8, 4) is 11.1 Å². The molecule has 0 radical (unpaired) electrons. The lowest BCUT2D eigenvalue weighted by atomic mass is 10.0. The first-order valence-corrected chi connectivity index (χ1v) is 7.96. The van der Waals surface area contributed by atoms with E-state index in [9.17, 15) is 0 Å². The monoisotopic (exact) mass is 289 g/mol. The molecule has 4 rings (SSSR count). The number of fused-ring (bicyclic) bond motifs is 1. The summed E-state index contributed by atoms with van der Waals surface area (Å²) in [5.41, 5.74) is 3.40. The highest BCUT2D eigenvalue weighted by atomic mass is 15.2. The Kier molecular flexibility index (Phi) is 3.47. The van der Waals surface area contributed by atoms with E-state index in [2.05, 4.69) is 46.3 Å². The summed E-state index contributed by atoms with van der Waals surface area (Å²) in [4.78, 5) is 11.4. The molecule has 3 nitrogen and oxygen atoms in total. The van der Waals surface area contributed by atoms with Crippen molar-refractivity contribution in [2.45, 2.75) is 19.3 Å². The van der Waals surface area contributed by atoms with Crippen LogP contribution in [0.15, 0.2) is 54.9 Å². The van der Waals surface area contributed by atoms with Gasteiger partial charge in [-0.3, -0.25) is 4.98 Å². The van der Waals surface area contributed by atoms with Crippen LogP contribution in [0.25, 0.3) is 22.0 Å². The molecule has 3 heterocycles. The van der Waals surface area contributed by atoms with E-state index >= 15 is 0 Å². The quantitative estimate of drug-likeness (QED) is 0.705. The summed E-state index contributed by atoms with van der Waals surface area (Å²) in [7, 11) is 0. The molecule has 0 aliphatic carbocycles. The Morgan fingerprint density at radius 1 is 0.864 bits per heavy atom. The standard InChI is InChI=1S/C19H19N3/c1-2-11-22(12-3-1)19-9-7-16-13-15(6-8-18(16)21-19)17-5-4-10-20-14-17/h4-10,13-14H,1-3,11-12H2. The summed E-state index contributed by atoms with van der Waals surface area (Å²) in [6.45, 7) is 2.26. The number of pyridine rings is 2. The molecule has 1 saturated heterocycles. The van der Waals surface area contributed by atoms with E-state index in [-0.39, 0.29) is 0 Å². The van der Waals surface area contributed by atoms with Crippen LogP contribution in [-0.4, -0.2) is 23.1 Å². The Hall–Kier alpha value is -2.42. The molecule has 1 fully saturated rings. The lowest BCUT2D eigenvalue weighted by Gasteiger charge is -2.27. The van der Waals surface area contributed by atoms with Gasteiger partial charge in [0.05, 0.1) is 5.52 Å². The predicted molar refractivity (Wildman–Crippen MR) is 91.0 cm³/mol. The van der Waals surface area contributed by atoms with E-state index in [1.165, 1.54) is 30.2 Å². The van der Waals surface area contributed by atoms with Crippen LogP contribution < -0.4 is 4.90 Å². The average molecular weight is 289 g/mol. The van der Waals surface area contributed by atoms with Crippen molar-refractivity contribution in [1.82, 2.24) is 9.97 Å². The fraction of sp³-hybridized carbons (Fsp3) is 0.263. The first-order chi connectivity index (χ1) is 10.9. The predicted octanol–water partition coefficient (Wildman–Crippen LogP) is 4.29. The Bertz CT molecular complexity index is 777. The largest absolute Gasteiger partial charge is 0.357 e. The molecule has 0 saturated carbocycles. The van der Waals surface area contributed by atoms with Gasteiger partial charge >= 0.3 is 0 Å². The first kappa shape index (κ1) is 13.3. The van der Waals surface area contributed by atoms with Crippen molar-refractivity contribution in [3.05, 3.63) is 54.9 Å². The minimum atomic E-state index is 1.07. The van der Waals surface area contributed by atoms with E-state index in [1.807, 2.05) is 12.3 Å². The van der Waals surface area contributed by atoms with E-state index in [0.717, 1.165) is 30.0 Å². The lowest BCUT2D eigenvalue weighted by molar-refractivity contribution is 0.574. The van der Waals surface area contributed by atoms with Gasteiger partial charge in [-0.15, -0.1) is 0 Å². The van der Waals surface area contributed by atoms with Crippen molar-refractivity contribution in [1.29, 1.82) is 0 Å². The maximum Gasteiger partial charge on any atom is 0.129 e. The van der Waals surface area contributed by atoms with Gasteiger partial charge in [0, 0.05) is 36.4 Å². The molecule has 0 spiro atoms. The van der Waals surface area contributed by atoms with Crippen LogP contribution in [-0.2, 0) is 0 Å². The summed E-state index contributed by atoms with van der Waals surface area (Å²) in [5.74, 6) is 1.11. The Balaban J connectivity index is 1.70. The molecule has 0 bridgehead atoms. The molecule has 0 amide bonds. The van der Waals surface area contributed by atoms with Gasteiger partial charge < -0.3 is 4.90 Å². The van der Waals surface area contributed by atoms with Gasteiger partial charge in [0.1, 0.15) is 5.82 Å². The Morgan fingerprint density at radius 3 is 2.59 bits per heavy atom. The van der Waals surface area contributed by atoms with Crippen LogP contribution >= 0.6 is 0 Å². The molecule has 110 valence electrons. The smallest absolute Gasteiger partial charge is 0.129 e. The van der Waals surface area contributed by atoms with Crippen molar-refractivity contribution >= 4 is 16.7 Å². The van der Waals surface area contributed by atoms with Crippen LogP contribution in [0.4, 0.5) is 5.82 Å². The van der Waals surface area contributed by atoms with Crippen LogP contribution in [0, 0.1) is 0 Å². The highest BCUT2D eigenvalue weighted by Crippen LogP contribution is 2.25. The summed E-state index contributed by atoms with van der Waals surface area (Å²) < 4.78 is 0. The summed E-state index contributed by atoms with van der Waals surface area (Å²) >= 11 is 0. The highest BCUT2D eigenvalue weighted by Gasteiger charge is 2.12. The third-order valence-corrected chi connectivity index (χ3v) is 4.35. The SMILES string of the molecule is c1cncc(-c2ccc3nc(N4CCCCC4)ccc3c2)c1. The van der Waals surface area contributed by atoms with Crippen molar-refractivity contribution in [2.24, 2.45) is 0 Å². The van der Waals surface area contributed by atoms with E-state index < -0.39 is 0 Å². The molecule has 22 heavy (non-hydrogen) atoms. The molecule has 3 heteroatoms. The fourth-order valence-electron chi connectivity index (χ4n) is 3.13. The normalized spacial score (nSPS) is 15.2. The van der Waals surface area contributed by atoms with Crippen molar-refractivity contribution in [3.63, 3.8) is 0 Å². The number of benzene rings is 1.